The molecule has 10 nitrogen and oxygen atoms in total. The summed E-state index contributed by atoms with van der Waals surface area (Å²) >= 11 is 2.82. The third kappa shape index (κ3) is 4.84. The summed E-state index contributed by atoms with van der Waals surface area (Å²) < 4.78 is 5.78. The highest BCUT2D eigenvalue weighted by Crippen LogP contribution is 2.68. The second-order valence-corrected chi connectivity index (χ2v) is 14.2. The quantitative estimate of drug-likeness (QED) is 0.299. The Hall–Kier alpha value is -3.90. The largest absolute Gasteiger partial charge is 0.484 e. The summed E-state index contributed by atoms with van der Waals surface area (Å²) in [6.45, 7) is 1.91. The maximum atomic E-state index is 13.6. The molecule has 3 heterocycles. The first-order valence-corrected chi connectivity index (χ1v) is 16.5. The van der Waals surface area contributed by atoms with Gasteiger partial charge in [-0.05, 0) is 66.8 Å². The van der Waals surface area contributed by atoms with Crippen LogP contribution in [0.4, 0.5) is 5.69 Å². The highest BCUT2D eigenvalue weighted by atomic mass is 32.2. The number of likely N-dealkylation sites (tertiary alicyclic amines) is 1. The summed E-state index contributed by atoms with van der Waals surface area (Å²) in [7, 11) is 0. The zero-order valence-corrected chi connectivity index (χ0v) is 25.5. The number of thiazole rings is 1. The third-order valence-electron chi connectivity index (χ3n) is 9.62. The molecule has 3 fully saturated rings. The number of amides is 3. The summed E-state index contributed by atoms with van der Waals surface area (Å²) in [6, 6.07) is 15.1. The fourth-order valence-corrected chi connectivity index (χ4v) is 10.8. The molecular formula is C32H31N3O7S2. The number of rotatable bonds is 9. The lowest BCUT2D eigenvalue weighted by Crippen LogP contribution is -2.42. The van der Waals surface area contributed by atoms with E-state index in [9.17, 15) is 24.0 Å². The van der Waals surface area contributed by atoms with Crippen molar-refractivity contribution >= 4 is 52.5 Å². The fourth-order valence-electron chi connectivity index (χ4n) is 7.88. The molecule has 2 aromatic carbocycles. The Balaban J connectivity index is 1.11. The first kappa shape index (κ1) is 28.8. The average Bonchev–Trinajstić information content (AvgIpc) is 3.73. The number of nitrogens with zero attached hydrogens (tertiary/aromatic N) is 1. The van der Waals surface area contributed by atoms with E-state index in [1.807, 2.05) is 55.5 Å². The van der Waals surface area contributed by atoms with E-state index in [-0.39, 0.29) is 83.4 Å². The van der Waals surface area contributed by atoms with Crippen LogP contribution < -0.4 is 14.9 Å². The van der Waals surface area contributed by atoms with Gasteiger partial charge >= 0.3 is 10.8 Å². The second-order valence-electron chi connectivity index (χ2n) is 12.0. The minimum Gasteiger partial charge on any atom is -0.484 e. The number of hydrogen-bond donors (Lipinski definition) is 3. The summed E-state index contributed by atoms with van der Waals surface area (Å²) in [4.78, 5) is 68.2. The number of carbonyl (C=O) groups excluding carboxylic acids is 3. The van der Waals surface area contributed by atoms with E-state index in [0.29, 0.717) is 5.75 Å². The SMILES string of the molecule is Cc1ccccc1NC(=O)COc1ccc([C@H]2c3sc(=O)[nH]c3SC3C4CC(C5C(=O)N(CCCC(=O)O)C(=O)C45)C32)cc1. The minimum atomic E-state index is -0.947. The zero-order valence-electron chi connectivity index (χ0n) is 23.9. The topological polar surface area (TPSA) is 146 Å². The normalized spacial score (nSPS) is 28.0. The lowest BCUT2D eigenvalue weighted by atomic mass is 9.68. The van der Waals surface area contributed by atoms with Crippen LogP contribution in [0.2, 0.25) is 0 Å². The standard InChI is InChI=1S/C32H31N3O7S2/c1-15-5-2-3-6-20(15)33-21(36)14-42-17-10-8-16(9-11-17)23-24-18-13-19(27(24)43-29-28(23)44-32(41)34-29)26-25(18)30(39)35(31(26)40)12-4-7-22(37)38/h2-3,5-6,8-11,18-19,23-27H,4,7,12-14H2,1H3,(H,33,36)(H,34,41)(H,37,38)/t18?,19?,23-,24?,25?,26?,27?/m1/s1. The average molecular weight is 634 g/mol. The molecule has 1 saturated heterocycles. The Morgan fingerprint density at radius 2 is 1.77 bits per heavy atom. The molecule has 3 aromatic rings. The number of fused-ring (bicyclic) bond motifs is 9. The number of hydrogen-bond acceptors (Lipinski definition) is 8. The van der Waals surface area contributed by atoms with Crippen LogP contribution in [0.5, 0.6) is 5.75 Å². The number of nitrogens with one attached hydrogen (secondary N) is 2. The van der Waals surface area contributed by atoms with Crippen molar-refractivity contribution in [3.05, 3.63) is 74.2 Å². The summed E-state index contributed by atoms with van der Waals surface area (Å²) in [5.41, 5.74) is 2.69. The van der Waals surface area contributed by atoms with Crippen molar-refractivity contribution in [3.8, 4) is 5.75 Å². The number of carbonyl (C=O) groups is 4. The number of H-pyrrole nitrogens is 1. The van der Waals surface area contributed by atoms with E-state index < -0.39 is 11.9 Å². The van der Waals surface area contributed by atoms with Crippen LogP contribution in [-0.2, 0) is 19.2 Å². The van der Waals surface area contributed by atoms with Crippen molar-refractivity contribution in [1.29, 1.82) is 0 Å². The molecule has 0 spiro atoms. The Morgan fingerprint density at radius 3 is 2.50 bits per heavy atom. The van der Waals surface area contributed by atoms with Crippen molar-refractivity contribution in [1.82, 2.24) is 9.88 Å². The van der Waals surface area contributed by atoms with Gasteiger partial charge in [-0.2, -0.15) is 0 Å². The molecule has 12 heteroatoms. The Morgan fingerprint density at radius 1 is 1.05 bits per heavy atom. The molecular weight excluding hydrogens is 603 g/mol. The van der Waals surface area contributed by atoms with Crippen LogP contribution >= 0.6 is 23.1 Å². The molecule has 6 unspecified atom stereocenters. The van der Waals surface area contributed by atoms with Crippen molar-refractivity contribution in [2.75, 3.05) is 18.5 Å². The number of anilines is 1. The first-order valence-electron chi connectivity index (χ1n) is 14.8. The van der Waals surface area contributed by atoms with Crippen LogP contribution in [-0.4, -0.2) is 57.1 Å². The highest BCUT2D eigenvalue weighted by Gasteiger charge is 2.69. The molecule has 3 amide bonds. The second kappa shape index (κ2) is 11.2. The van der Waals surface area contributed by atoms with Crippen molar-refractivity contribution in [3.63, 3.8) is 0 Å². The predicted octanol–water partition coefficient (Wildman–Crippen LogP) is 4.10. The van der Waals surface area contributed by atoms with Crippen molar-refractivity contribution < 1.29 is 29.0 Å². The van der Waals surface area contributed by atoms with Crippen molar-refractivity contribution in [2.24, 2.45) is 29.6 Å². The van der Waals surface area contributed by atoms with E-state index in [4.69, 9.17) is 9.84 Å². The van der Waals surface area contributed by atoms with Gasteiger partial charge in [-0.1, -0.05) is 41.7 Å². The number of ether oxygens (including phenoxy) is 1. The van der Waals surface area contributed by atoms with Gasteiger partial charge in [0, 0.05) is 34.7 Å². The molecule has 7 rings (SSSR count). The van der Waals surface area contributed by atoms with E-state index in [1.54, 1.807) is 11.8 Å². The van der Waals surface area contributed by atoms with E-state index in [1.165, 1.54) is 16.2 Å². The number of aliphatic carboxylic acids is 1. The zero-order chi connectivity index (χ0) is 30.7. The third-order valence-corrected chi connectivity index (χ3v) is 12.2. The van der Waals surface area contributed by atoms with Crippen molar-refractivity contribution in [2.45, 2.75) is 42.4 Å². The summed E-state index contributed by atoms with van der Waals surface area (Å²) in [6.07, 6.45) is 0.935. The van der Waals surface area contributed by atoms with Gasteiger partial charge in [0.25, 0.3) is 5.91 Å². The Bertz CT molecular complexity index is 1720. The minimum absolute atomic E-state index is 0.00865. The molecule has 3 N–H and O–H groups in total. The summed E-state index contributed by atoms with van der Waals surface area (Å²) in [5, 5.41) is 12.8. The summed E-state index contributed by atoms with van der Waals surface area (Å²) in [5.74, 6) is -1.89. The number of carboxylic acids is 1. The fraction of sp³-hybridized carbons (Fsp3) is 0.406. The Labute approximate surface area is 261 Å². The molecule has 7 atom stereocenters. The van der Waals surface area contributed by atoms with E-state index >= 15 is 0 Å². The maximum Gasteiger partial charge on any atom is 0.305 e. The van der Waals surface area contributed by atoms with Gasteiger partial charge in [0.2, 0.25) is 11.8 Å². The number of thioether (sulfide) groups is 1. The molecule has 0 radical (unpaired) electrons. The molecule has 1 aromatic heterocycles. The van der Waals surface area contributed by atoms with Crippen LogP contribution in [0.3, 0.4) is 0 Å². The monoisotopic (exact) mass is 633 g/mol. The van der Waals surface area contributed by atoms with Gasteiger partial charge < -0.3 is 20.1 Å². The molecule has 44 heavy (non-hydrogen) atoms. The van der Waals surface area contributed by atoms with Gasteiger partial charge in [0.15, 0.2) is 6.61 Å². The van der Waals surface area contributed by atoms with Gasteiger partial charge in [0.1, 0.15) is 5.75 Å². The molecule has 2 saturated carbocycles. The number of aromatic nitrogens is 1. The first-order chi connectivity index (χ1) is 21.2. The van der Waals surface area contributed by atoms with Gasteiger partial charge in [-0.3, -0.25) is 28.9 Å². The van der Waals surface area contributed by atoms with Crippen LogP contribution in [0, 0.1) is 36.5 Å². The van der Waals surface area contributed by atoms with Gasteiger partial charge in [-0.25, -0.2) is 0 Å². The van der Waals surface area contributed by atoms with E-state index in [2.05, 4.69) is 10.3 Å². The van der Waals surface area contributed by atoms with Gasteiger partial charge in [-0.15, -0.1) is 11.8 Å². The number of aryl methyl sites for hydroxylation is 1. The molecule has 228 valence electrons. The molecule has 2 aliphatic carbocycles. The van der Waals surface area contributed by atoms with Gasteiger partial charge in [0.05, 0.1) is 16.9 Å². The number of para-hydroxylation sites is 1. The highest BCUT2D eigenvalue weighted by molar-refractivity contribution is 8.00. The van der Waals surface area contributed by atoms with E-state index in [0.717, 1.165) is 33.1 Å². The van der Waals surface area contributed by atoms with Crippen LogP contribution in [0.15, 0.2) is 58.4 Å². The molecule has 4 aliphatic rings. The van der Waals surface area contributed by atoms with Crippen LogP contribution in [0.1, 0.15) is 41.2 Å². The number of carboxylic acid groups (broad SMARTS) is 1. The lowest BCUT2D eigenvalue weighted by Gasteiger charge is -2.43. The predicted molar refractivity (Wildman–Crippen MR) is 164 cm³/mol. The lowest BCUT2D eigenvalue weighted by molar-refractivity contribution is -0.142. The van der Waals surface area contributed by atoms with Crippen LogP contribution in [0.25, 0.3) is 0 Å². The Kier molecular flexibility index (Phi) is 7.36. The smallest absolute Gasteiger partial charge is 0.305 e. The molecule has 2 bridgehead atoms. The molecule has 2 aliphatic heterocycles. The number of benzene rings is 2. The maximum absolute atomic E-state index is 13.6. The number of aromatic amines is 1. The number of imide groups is 1.